The molecule has 0 aromatic heterocycles. The molecular weight excluding hydrogens is 186 g/mol. The molecule has 2 nitrogen and oxygen atoms in total. The summed E-state index contributed by atoms with van der Waals surface area (Å²) in [5.74, 6) is 0.528. The molecule has 0 aromatic rings. The minimum atomic E-state index is 0.101. The molecule has 0 heterocycles. The van der Waals surface area contributed by atoms with Crippen molar-refractivity contribution in [2.45, 2.75) is 51.9 Å². The monoisotopic (exact) mass is 209 g/mol. The molecule has 1 N–H and O–H groups in total. The SMILES string of the molecule is CCC(=O)C12CCC(CNC)(CC1)CC2. The minimum Gasteiger partial charge on any atom is -0.319 e. The maximum atomic E-state index is 12.0. The molecule has 0 saturated heterocycles. The highest BCUT2D eigenvalue weighted by atomic mass is 16.1. The van der Waals surface area contributed by atoms with Crippen LogP contribution in [0.4, 0.5) is 0 Å². The lowest BCUT2D eigenvalue weighted by molar-refractivity contribution is -0.137. The fourth-order valence-electron chi connectivity index (χ4n) is 3.70. The van der Waals surface area contributed by atoms with Crippen molar-refractivity contribution in [3.8, 4) is 0 Å². The lowest BCUT2D eigenvalue weighted by atomic mass is 9.52. The first kappa shape index (κ1) is 11.1. The van der Waals surface area contributed by atoms with Crippen molar-refractivity contribution >= 4 is 5.78 Å². The van der Waals surface area contributed by atoms with Crippen LogP contribution >= 0.6 is 0 Å². The highest BCUT2D eigenvalue weighted by Crippen LogP contribution is 2.57. The minimum absolute atomic E-state index is 0.101. The van der Waals surface area contributed by atoms with Gasteiger partial charge < -0.3 is 5.32 Å². The molecule has 3 aliphatic carbocycles. The van der Waals surface area contributed by atoms with Crippen molar-refractivity contribution in [1.82, 2.24) is 5.32 Å². The number of hydrogen-bond acceptors (Lipinski definition) is 2. The zero-order valence-corrected chi connectivity index (χ0v) is 10.1. The number of fused-ring (bicyclic) bond motifs is 3. The lowest BCUT2D eigenvalue weighted by Crippen LogP contribution is -2.49. The molecule has 86 valence electrons. The summed E-state index contributed by atoms with van der Waals surface area (Å²) in [6.45, 7) is 3.16. The van der Waals surface area contributed by atoms with E-state index in [4.69, 9.17) is 0 Å². The fourth-order valence-corrected chi connectivity index (χ4v) is 3.70. The van der Waals surface area contributed by atoms with Crippen molar-refractivity contribution in [3.05, 3.63) is 0 Å². The molecule has 3 rings (SSSR count). The van der Waals surface area contributed by atoms with Crippen LogP contribution in [0, 0.1) is 10.8 Å². The summed E-state index contributed by atoms with van der Waals surface area (Å²) >= 11 is 0. The van der Waals surface area contributed by atoms with Gasteiger partial charge in [-0.15, -0.1) is 0 Å². The van der Waals surface area contributed by atoms with Crippen LogP contribution < -0.4 is 5.32 Å². The third-order valence-electron chi connectivity index (χ3n) is 4.87. The van der Waals surface area contributed by atoms with Gasteiger partial charge in [-0.3, -0.25) is 4.79 Å². The van der Waals surface area contributed by atoms with Crippen LogP contribution in [0.3, 0.4) is 0 Å². The summed E-state index contributed by atoms with van der Waals surface area (Å²) in [4.78, 5) is 12.0. The number of hydrogen-bond donors (Lipinski definition) is 1. The Labute approximate surface area is 92.8 Å². The van der Waals surface area contributed by atoms with Gasteiger partial charge >= 0.3 is 0 Å². The molecular formula is C13H23NO. The van der Waals surface area contributed by atoms with E-state index < -0.39 is 0 Å². The van der Waals surface area contributed by atoms with Crippen LogP contribution in [-0.2, 0) is 4.79 Å². The van der Waals surface area contributed by atoms with Gasteiger partial charge in [-0.1, -0.05) is 6.92 Å². The van der Waals surface area contributed by atoms with Gasteiger partial charge in [0.15, 0.2) is 0 Å². The van der Waals surface area contributed by atoms with Gasteiger partial charge in [0.25, 0.3) is 0 Å². The fraction of sp³-hybridized carbons (Fsp3) is 0.923. The van der Waals surface area contributed by atoms with E-state index >= 15 is 0 Å². The average molecular weight is 209 g/mol. The van der Waals surface area contributed by atoms with Gasteiger partial charge in [0.2, 0.25) is 0 Å². The molecule has 0 amide bonds. The molecule has 0 aromatic carbocycles. The summed E-state index contributed by atoms with van der Waals surface area (Å²) in [6.07, 6.45) is 7.99. The maximum Gasteiger partial charge on any atom is 0.138 e. The Morgan fingerprint density at radius 3 is 2.07 bits per heavy atom. The summed E-state index contributed by atoms with van der Waals surface area (Å²) in [6, 6.07) is 0. The Balaban J connectivity index is 2.07. The van der Waals surface area contributed by atoms with E-state index in [1.165, 1.54) is 19.3 Å². The zero-order chi connectivity index (χ0) is 10.9. The van der Waals surface area contributed by atoms with Crippen LogP contribution in [0.5, 0.6) is 0 Å². The Kier molecular flexibility index (Phi) is 2.89. The predicted molar refractivity (Wildman–Crippen MR) is 61.8 cm³/mol. The van der Waals surface area contributed by atoms with Crippen molar-refractivity contribution < 1.29 is 4.79 Å². The van der Waals surface area contributed by atoms with Gasteiger partial charge in [0.05, 0.1) is 0 Å². The van der Waals surface area contributed by atoms with Crippen molar-refractivity contribution in [2.24, 2.45) is 10.8 Å². The van der Waals surface area contributed by atoms with E-state index in [9.17, 15) is 4.79 Å². The molecule has 3 aliphatic rings. The van der Waals surface area contributed by atoms with E-state index in [1.807, 2.05) is 14.0 Å². The zero-order valence-electron chi connectivity index (χ0n) is 10.1. The second-order valence-corrected chi connectivity index (χ2v) is 5.59. The molecule has 0 atom stereocenters. The van der Waals surface area contributed by atoms with Gasteiger partial charge in [-0.05, 0) is 51.0 Å². The van der Waals surface area contributed by atoms with Crippen LogP contribution in [-0.4, -0.2) is 19.4 Å². The third-order valence-corrected chi connectivity index (χ3v) is 4.87. The topological polar surface area (TPSA) is 29.1 Å². The molecule has 2 heteroatoms. The first-order valence-corrected chi connectivity index (χ1v) is 6.34. The second-order valence-electron chi connectivity index (χ2n) is 5.59. The smallest absolute Gasteiger partial charge is 0.138 e. The number of rotatable bonds is 4. The van der Waals surface area contributed by atoms with E-state index in [2.05, 4.69) is 5.32 Å². The largest absolute Gasteiger partial charge is 0.319 e. The van der Waals surface area contributed by atoms with Crippen LogP contribution in [0.1, 0.15) is 51.9 Å². The predicted octanol–water partition coefficient (Wildman–Crippen LogP) is 2.53. The molecule has 0 unspecified atom stereocenters. The number of ketones is 1. The van der Waals surface area contributed by atoms with Crippen molar-refractivity contribution in [2.75, 3.05) is 13.6 Å². The quantitative estimate of drug-likeness (QED) is 0.771. The highest BCUT2D eigenvalue weighted by molar-refractivity contribution is 5.84. The molecule has 15 heavy (non-hydrogen) atoms. The van der Waals surface area contributed by atoms with Gasteiger partial charge in [-0.2, -0.15) is 0 Å². The summed E-state index contributed by atoms with van der Waals surface area (Å²) in [5, 5.41) is 3.32. The van der Waals surface area contributed by atoms with E-state index in [0.29, 0.717) is 11.2 Å². The normalized spacial score (nSPS) is 39.3. The first-order valence-electron chi connectivity index (χ1n) is 6.34. The van der Waals surface area contributed by atoms with Gasteiger partial charge in [0.1, 0.15) is 5.78 Å². The molecule has 2 bridgehead atoms. The van der Waals surface area contributed by atoms with Gasteiger partial charge in [0, 0.05) is 18.4 Å². The van der Waals surface area contributed by atoms with E-state index in [-0.39, 0.29) is 5.41 Å². The Morgan fingerprint density at radius 2 is 1.67 bits per heavy atom. The van der Waals surface area contributed by atoms with E-state index in [1.54, 1.807) is 0 Å². The molecule has 0 aliphatic heterocycles. The Hall–Kier alpha value is -0.370. The molecule has 0 radical (unpaired) electrons. The van der Waals surface area contributed by atoms with Crippen molar-refractivity contribution in [3.63, 3.8) is 0 Å². The number of carbonyl (C=O) groups is 1. The van der Waals surface area contributed by atoms with E-state index in [0.717, 1.165) is 32.2 Å². The molecule has 3 saturated carbocycles. The number of nitrogens with one attached hydrogen (secondary N) is 1. The lowest BCUT2D eigenvalue weighted by Gasteiger charge is -2.52. The third kappa shape index (κ3) is 1.73. The average Bonchev–Trinajstić information content (AvgIpc) is 2.30. The molecule has 3 fully saturated rings. The summed E-state index contributed by atoms with van der Waals surface area (Å²) < 4.78 is 0. The summed E-state index contributed by atoms with van der Waals surface area (Å²) in [5.41, 5.74) is 0.634. The first-order chi connectivity index (χ1) is 7.16. The Morgan fingerprint density at radius 1 is 1.13 bits per heavy atom. The summed E-state index contributed by atoms with van der Waals surface area (Å²) in [7, 11) is 2.04. The van der Waals surface area contributed by atoms with Gasteiger partial charge in [-0.25, -0.2) is 0 Å². The second kappa shape index (κ2) is 3.89. The van der Waals surface area contributed by atoms with Crippen LogP contribution in [0.25, 0.3) is 0 Å². The maximum absolute atomic E-state index is 12.0. The Bertz CT molecular complexity index is 235. The van der Waals surface area contributed by atoms with Crippen molar-refractivity contribution in [1.29, 1.82) is 0 Å². The molecule has 0 spiro atoms. The number of carbonyl (C=O) groups excluding carboxylic acids is 1. The van der Waals surface area contributed by atoms with Crippen LogP contribution in [0.2, 0.25) is 0 Å². The van der Waals surface area contributed by atoms with Crippen LogP contribution in [0.15, 0.2) is 0 Å². The number of Topliss-reactive ketones (excluding diaryl/α,β-unsaturated/α-hetero) is 1. The highest BCUT2D eigenvalue weighted by Gasteiger charge is 2.50. The standard InChI is InChI=1S/C13H23NO/c1-3-11(15)13-7-4-12(5-8-13,6-9-13)10-14-2/h14H,3-10H2,1-2H3.